The van der Waals surface area contributed by atoms with E-state index in [1.54, 1.807) is 11.3 Å². The second kappa shape index (κ2) is 5.84. The van der Waals surface area contributed by atoms with Crippen molar-refractivity contribution < 1.29 is 0 Å². The van der Waals surface area contributed by atoms with Gasteiger partial charge in [0, 0.05) is 30.2 Å². The van der Waals surface area contributed by atoms with Crippen LogP contribution in [0, 0.1) is 13.8 Å². The van der Waals surface area contributed by atoms with E-state index < -0.39 is 0 Å². The Kier molecular flexibility index (Phi) is 4.10. The summed E-state index contributed by atoms with van der Waals surface area (Å²) in [6, 6.07) is 0.618. The summed E-state index contributed by atoms with van der Waals surface area (Å²) < 4.78 is 2.30. The fourth-order valence-corrected chi connectivity index (χ4v) is 4.06. The highest BCUT2D eigenvalue weighted by atomic mass is 32.1. The van der Waals surface area contributed by atoms with Gasteiger partial charge in [0.05, 0.1) is 11.4 Å². The van der Waals surface area contributed by atoms with Gasteiger partial charge in [0.2, 0.25) is 0 Å². The molecule has 0 saturated carbocycles. The maximum atomic E-state index is 4.66. The molecule has 1 fully saturated rings. The molecule has 0 aliphatic carbocycles. The first-order valence-corrected chi connectivity index (χ1v) is 8.44. The van der Waals surface area contributed by atoms with Crippen molar-refractivity contribution in [3.63, 3.8) is 0 Å². The topological polar surface area (TPSA) is 32.6 Å². The number of imidazole rings is 1. The van der Waals surface area contributed by atoms with Gasteiger partial charge in [-0.1, -0.05) is 6.92 Å². The molecule has 0 amide bonds. The Hall–Kier alpha value is -0.910. The Morgan fingerprint density at radius 3 is 3.10 bits per heavy atom. The van der Waals surface area contributed by atoms with E-state index in [0.717, 1.165) is 23.7 Å². The van der Waals surface area contributed by atoms with Gasteiger partial charge in [-0.05, 0) is 39.8 Å². The molecule has 3 rings (SSSR count). The summed E-state index contributed by atoms with van der Waals surface area (Å²) in [5.74, 6) is 0. The summed E-state index contributed by atoms with van der Waals surface area (Å²) in [6.07, 6.45) is 2.60. The van der Waals surface area contributed by atoms with Gasteiger partial charge >= 0.3 is 0 Å². The monoisotopic (exact) mass is 292 g/mol. The normalized spacial score (nSPS) is 20.9. The SMILES string of the molecule is CCN1CCCC(NCc2c(C)nc3scc(C)n23)C1. The number of fused-ring (bicyclic) bond motifs is 1. The molecule has 1 aliphatic rings. The molecule has 1 N–H and O–H groups in total. The van der Waals surface area contributed by atoms with Gasteiger partial charge in [0.15, 0.2) is 4.96 Å². The molecule has 0 spiro atoms. The zero-order chi connectivity index (χ0) is 14.1. The summed E-state index contributed by atoms with van der Waals surface area (Å²) in [4.78, 5) is 8.32. The van der Waals surface area contributed by atoms with Crippen molar-refractivity contribution in [1.29, 1.82) is 0 Å². The third-order valence-corrected chi connectivity index (χ3v) is 5.28. The summed E-state index contributed by atoms with van der Waals surface area (Å²) in [7, 11) is 0. The van der Waals surface area contributed by atoms with Gasteiger partial charge in [-0.2, -0.15) is 0 Å². The molecule has 3 heterocycles. The number of nitrogens with one attached hydrogen (secondary N) is 1. The Balaban J connectivity index is 1.70. The lowest BCUT2D eigenvalue weighted by Crippen LogP contribution is -2.45. The fourth-order valence-electron chi connectivity index (χ4n) is 3.13. The number of aryl methyl sites for hydroxylation is 2. The first-order valence-electron chi connectivity index (χ1n) is 7.56. The van der Waals surface area contributed by atoms with Gasteiger partial charge < -0.3 is 10.2 Å². The Morgan fingerprint density at radius 1 is 1.45 bits per heavy atom. The minimum absolute atomic E-state index is 0.618. The van der Waals surface area contributed by atoms with E-state index in [9.17, 15) is 0 Å². The summed E-state index contributed by atoms with van der Waals surface area (Å²) >= 11 is 1.73. The standard InChI is InChI=1S/C15H24N4S/c1-4-18-7-5-6-13(9-18)16-8-14-12(3)17-15-19(14)11(2)10-20-15/h10,13,16H,4-9H2,1-3H3. The van der Waals surface area contributed by atoms with Crippen LogP contribution in [0.2, 0.25) is 0 Å². The molecular formula is C15H24N4S. The number of thiazole rings is 1. The largest absolute Gasteiger partial charge is 0.307 e. The number of likely N-dealkylation sites (N-methyl/N-ethyl adjacent to an activating group) is 1. The quantitative estimate of drug-likeness (QED) is 0.940. The van der Waals surface area contributed by atoms with Crippen molar-refractivity contribution in [3.05, 3.63) is 22.5 Å². The molecule has 4 nitrogen and oxygen atoms in total. The van der Waals surface area contributed by atoms with Crippen LogP contribution in [0.5, 0.6) is 0 Å². The summed E-state index contributed by atoms with van der Waals surface area (Å²) in [6.45, 7) is 11.1. The first kappa shape index (κ1) is 14.0. The highest BCUT2D eigenvalue weighted by Gasteiger charge is 2.19. The van der Waals surface area contributed by atoms with Gasteiger partial charge in [-0.3, -0.25) is 4.40 Å². The third-order valence-electron chi connectivity index (χ3n) is 4.34. The van der Waals surface area contributed by atoms with Crippen LogP contribution in [-0.4, -0.2) is 40.0 Å². The molecular weight excluding hydrogens is 268 g/mol. The highest BCUT2D eigenvalue weighted by Crippen LogP contribution is 2.20. The molecule has 1 aliphatic heterocycles. The van der Waals surface area contributed by atoms with Crippen molar-refractivity contribution in [3.8, 4) is 0 Å². The third kappa shape index (κ3) is 2.62. The molecule has 0 bridgehead atoms. The number of nitrogens with zero attached hydrogens (tertiary/aromatic N) is 3. The van der Waals surface area contributed by atoms with E-state index in [4.69, 9.17) is 0 Å². The predicted molar refractivity (Wildman–Crippen MR) is 84.5 cm³/mol. The molecule has 20 heavy (non-hydrogen) atoms. The zero-order valence-corrected chi connectivity index (χ0v) is 13.5. The number of aromatic nitrogens is 2. The molecule has 1 atom stereocenters. The van der Waals surface area contributed by atoms with Crippen LogP contribution >= 0.6 is 11.3 Å². The van der Waals surface area contributed by atoms with Crippen LogP contribution < -0.4 is 5.32 Å². The molecule has 0 radical (unpaired) electrons. The minimum Gasteiger partial charge on any atom is -0.307 e. The molecule has 110 valence electrons. The number of rotatable bonds is 4. The number of likely N-dealkylation sites (tertiary alicyclic amines) is 1. The van der Waals surface area contributed by atoms with E-state index >= 15 is 0 Å². The number of piperidine rings is 1. The van der Waals surface area contributed by atoms with E-state index in [-0.39, 0.29) is 0 Å². The second-order valence-corrected chi connectivity index (χ2v) is 6.59. The van der Waals surface area contributed by atoms with Gasteiger partial charge in [0.1, 0.15) is 0 Å². The van der Waals surface area contributed by atoms with Crippen molar-refractivity contribution in [2.45, 2.75) is 46.2 Å². The molecule has 2 aromatic heterocycles. The summed E-state index contributed by atoms with van der Waals surface area (Å²) in [5.41, 5.74) is 3.78. The zero-order valence-electron chi connectivity index (χ0n) is 12.6. The van der Waals surface area contributed by atoms with Crippen LogP contribution in [-0.2, 0) is 6.54 Å². The van der Waals surface area contributed by atoms with E-state index in [1.807, 2.05) is 0 Å². The predicted octanol–water partition coefficient (Wildman–Crippen LogP) is 2.59. The van der Waals surface area contributed by atoms with Crippen molar-refractivity contribution in [2.24, 2.45) is 0 Å². The molecule has 2 aromatic rings. The van der Waals surface area contributed by atoms with E-state index in [1.165, 1.54) is 37.3 Å². The van der Waals surface area contributed by atoms with Crippen LogP contribution in [0.15, 0.2) is 5.38 Å². The maximum absolute atomic E-state index is 4.66. The minimum atomic E-state index is 0.618. The molecule has 1 unspecified atom stereocenters. The van der Waals surface area contributed by atoms with Crippen LogP contribution in [0.3, 0.4) is 0 Å². The van der Waals surface area contributed by atoms with Crippen LogP contribution in [0.25, 0.3) is 4.96 Å². The first-order chi connectivity index (χ1) is 9.69. The lowest BCUT2D eigenvalue weighted by Gasteiger charge is -2.32. The van der Waals surface area contributed by atoms with Crippen molar-refractivity contribution in [1.82, 2.24) is 19.6 Å². The average Bonchev–Trinajstić information content (AvgIpc) is 2.96. The summed E-state index contributed by atoms with van der Waals surface area (Å²) in [5, 5.41) is 5.93. The maximum Gasteiger partial charge on any atom is 0.194 e. The van der Waals surface area contributed by atoms with Crippen LogP contribution in [0.4, 0.5) is 0 Å². The van der Waals surface area contributed by atoms with Crippen molar-refractivity contribution >= 4 is 16.3 Å². The number of hydrogen-bond acceptors (Lipinski definition) is 4. The van der Waals surface area contributed by atoms with Crippen LogP contribution in [0.1, 0.15) is 36.8 Å². The highest BCUT2D eigenvalue weighted by molar-refractivity contribution is 7.15. The van der Waals surface area contributed by atoms with Crippen molar-refractivity contribution in [2.75, 3.05) is 19.6 Å². The lowest BCUT2D eigenvalue weighted by molar-refractivity contribution is 0.198. The van der Waals surface area contributed by atoms with E-state index in [0.29, 0.717) is 6.04 Å². The fraction of sp³-hybridized carbons (Fsp3) is 0.667. The van der Waals surface area contributed by atoms with E-state index in [2.05, 4.69) is 45.8 Å². The average molecular weight is 292 g/mol. The van der Waals surface area contributed by atoms with Gasteiger partial charge in [-0.25, -0.2) is 4.98 Å². The van der Waals surface area contributed by atoms with Gasteiger partial charge in [0.25, 0.3) is 0 Å². The smallest absolute Gasteiger partial charge is 0.194 e. The Bertz CT molecular complexity index is 586. The lowest BCUT2D eigenvalue weighted by atomic mass is 10.1. The van der Waals surface area contributed by atoms with Gasteiger partial charge in [-0.15, -0.1) is 11.3 Å². The molecule has 0 aromatic carbocycles. The Morgan fingerprint density at radius 2 is 2.30 bits per heavy atom. The molecule has 1 saturated heterocycles. The second-order valence-electron chi connectivity index (χ2n) is 5.75. The molecule has 5 heteroatoms. The number of hydrogen-bond donors (Lipinski definition) is 1. The Labute approximate surface area is 124 Å².